The Morgan fingerprint density at radius 1 is 1.08 bits per heavy atom. The highest BCUT2D eigenvalue weighted by atomic mass is 32.2. The van der Waals surface area contributed by atoms with Crippen LogP contribution in [0.3, 0.4) is 0 Å². The summed E-state index contributed by atoms with van der Waals surface area (Å²) in [5, 5.41) is 8.67. The molecule has 2 saturated carbocycles. The molecule has 2 aliphatic carbocycles. The van der Waals surface area contributed by atoms with Gasteiger partial charge in [-0.05, 0) is 80.1 Å². The molecule has 0 aliphatic heterocycles. The molecule has 4 atom stereocenters. The number of unbranched alkanes of at least 4 members (excludes halogenated alkanes) is 4. The van der Waals surface area contributed by atoms with E-state index in [1.807, 2.05) is 0 Å². The van der Waals surface area contributed by atoms with Crippen molar-refractivity contribution in [2.75, 3.05) is 11.5 Å². The number of allylic oxidation sites excluding steroid dienone is 2. The quantitative estimate of drug-likeness (QED) is 0.318. The minimum Gasteiger partial charge on any atom is -0.481 e. The maximum atomic E-state index is 10.5. The van der Waals surface area contributed by atoms with Crippen LogP contribution in [0.4, 0.5) is 0 Å². The Morgan fingerprint density at radius 2 is 1.88 bits per heavy atom. The fourth-order valence-corrected chi connectivity index (χ4v) is 6.12. The summed E-state index contributed by atoms with van der Waals surface area (Å²) in [6.07, 6.45) is 17.8. The summed E-state index contributed by atoms with van der Waals surface area (Å²) in [6.45, 7) is 2.28. The van der Waals surface area contributed by atoms with Crippen molar-refractivity contribution in [3.63, 3.8) is 0 Å². The zero-order chi connectivity index (χ0) is 17.2. The molecule has 0 unspecified atom stereocenters. The van der Waals surface area contributed by atoms with E-state index in [9.17, 15) is 4.79 Å². The Labute approximate surface area is 152 Å². The zero-order valence-electron chi connectivity index (χ0n) is 15.4. The molecule has 0 aromatic carbocycles. The third-order valence-electron chi connectivity index (χ3n) is 6.06. The average Bonchev–Trinajstić information content (AvgIpc) is 3.15. The van der Waals surface area contributed by atoms with Gasteiger partial charge in [0.1, 0.15) is 0 Å². The van der Waals surface area contributed by atoms with Gasteiger partial charge in [0.2, 0.25) is 0 Å². The number of hydrogen-bond acceptors (Lipinski definition) is 2. The highest BCUT2D eigenvalue weighted by Crippen LogP contribution is 2.54. The Balaban J connectivity index is 1.65. The lowest BCUT2D eigenvalue weighted by molar-refractivity contribution is -0.137. The van der Waals surface area contributed by atoms with Crippen molar-refractivity contribution < 1.29 is 9.90 Å². The van der Waals surface area contributed by atoms with Gasteiger partial charge in [-0.2, -0.15) is 11.8 Å². The van der Waals surface area contributed by atoms with Crippen LogP contribution in [0, 0.1) is 23.7 Å². The number of carbonyl (C=O) groups is 1. The average molecular weight is 353 g/mol. The normalized spacial score (nSPS) is 28.9. The van der Waals surface area contributed by atoms with E-state index >= 15 is 0 Å². The second-order valence-corrected chi connectivity index (χ2v) is 8.94. The molecule has 0 spiro atoms. The topological polar surface area (TPSA) is 37.3 Å². The van der Waals surface area contributed by atoms with Crippen LogP contribution in [0.5, 0.6) is 0 Å². The van der Waals surface area contributed by atoms with Crippen LogP contribution >= 0.6 is 11.8 Å². The first-order chi connectivity index (χ1) is 11.7. The minimum absolute atomic E-state index is 0.301. The van der Waals surface area contributed by atoms with Gasteiger partial charge in [-0.15, -0.1) is 0 Å². The Morgan fingerprint density at radius 3 is 2.62 bits per heavy atom. The molecule has 2 nitrogen and oxygen atoms in total. The van der Waals surface area contributed by atoms with Crippen LogP contribution in [0.2, 0.25) is 0 Å². The summed E-state index contributed by atoms with van der Waals surface area (Å²) < 4.78 is 0. The number of hydrogen-bond donors (Lipinski definition) is 1. The van der Waals surface area contributed by atoms with Gasteiger partial charge in [0.15, 0.2) is 0 Å². The van der Waals surface area contributed by atoms with Gasteiger partial charge in [0.05, 0.1) is 0 Å². The van der Waals surface area contributed by atoms with Crippen LogP contribution in [0.15, 0.2) is 12.2 Å². The van der Waals surface area contributed by atoms with E-state index in [1.165, 1.54) is 62.9 Å². The fourth-order valence-electron chi connectivity index (χ4n) is 4.75. The number of thioether (sulfide) groups is 1. The highest BCUT2D eigenvalue weighted by Gasteiger charge is 2.46. The summed E-state index contributed by atoms with van der Waals surface area (Å²) in [6, 6.07) is 0. The molecule has 0 radical (unpaired) electrons. The molecule has 3 heteroatoms. The lowest BCUT2D eigenvalue weighted by Crippen LogP contribution is -2.24. The Hall–Kier alpha value is -0.440. The molecule has 0 aromatic rings. The van der Waals surface area contributed by atoms with Crippen LogP contribution in [0.25, 0.3) is 0 Å². The molecule has 0 amide bonds. The molecular weight excluding hydrogens is 316 g/mol. The molecule has 2 bridgehead atoms. The van der Waals surface area contributed by atoms with Crippen molar-refractivity contribution in [2.24, 2.45) is 23.7 Å². The first-order valence-corrected chi connectivity index (χ1v) is 11.3. The summed E-state index contributed by atoms with van der Waals surface area (Å²) in [4.78, 5) is 10.5. The largest absolute Gasteiger partial charge is 0.481 e. The third-order valence-corrected chi connectivity index (χ3v) is 7.26. The first-order valence-electron chi connectivity index (χ1n) is 10.2. The van der Waals surface area contributed by atoms with E-state index in [-0.39, 0.29) is 0 Å². The predicted octanol–water partition coefficient (Wildman–Crippen LogP) is 6.16. The van der Waals surface area contributed by atoms with Crippen molar-refractivity contribution in [1.82, 2.24) is 0 Å². The zero-order valence-corrected chi connectivity index (χ0v) is 16.2. The maximum Gasteiger partial charge on any atom is 0.303 e. The fraction of sp³-hybridized carbons (Fsp3) is 0.857. The van der Waals surface area contributed by atoms with Crippen molar-refractivity contribution in [1.29, 1.82) is 0 Å². The van der Waals surface area contributed by atoms with E-state index in [0.29, 0.717) is 6.42 Å². The summed E-state index contributed by atoms with van der Waals surface area (Å²) in [5.41, 5.74) is 0. The molecule has 138 valence electrons. The molecule has 2 aliphatic rings. The molecule has 2 fully saturated rings. The van der Waals surface area contributed by atoms with Gasteiger partial charge < -0.3 is 5.11 Å². The number of carboxylic acid groups (broad SMARTS) is 1. The predicted molar refractivity (Wildman–Crippen MR) is 105 cm³/mol. The second kappa shape index (κ2) is 11.2. The molecule has 0 aromatic heterocycles. The van der Waals surface area contributed by atoms with Crippen molar-refractivity contribution in [3.05, 3.63) is 12.2 Å². The summed E-state index contributed by atoms with van der Waals surface area (Å²) in [5.74, 6) is 5.89. The van der Waals surface area contributed by atoms with E-state index < -0.39 is 5.97 Å². The highest BCUT2D eigenvalue weighted by molar-refractivity contribution is 7.99. The molecular formula is C21H36O2S. The maximum absolute atomic E-state index is 10.5. The Bertz CT molecular complexity index is 393. The third kappa shape index (κ3) is 6.46. The van der Waals surface area contributed by atoms with E-state index in [1.54, 1.807) is 0 Å². The first kappa shape index (κ1) is 19.9. The molecule has 24 heavy (non-hydrogen) atoms. The summed E-state index contributed by atoms with van der Waals surface area (Å²) in [7, 11) is 0. The SMILES string of the molecule is CCCCCCSC[C@H]1[C@H]2CC[C@H](C2)[C@H]1C/C=C\CCCC(=O)O. The van der Waals surface area contributed by atoms with Gasteiger partial charge >= 0.3 is 5.97 Å². The monoisotopic (exact) mass is 352 g/mol. The van der Waals surface area contributed by atoms with Crippen LogP contribution in [-0.4, -0.2) is 22.6 Å². The number of rotatable bonds is 13. The number of aliphatic carboxylic acids is 1. The number of carboxylic acids is 1. The lowest BCUT2D eigenvalue weighted by Gasteiger charge is -2.30. The van der Waals surface area contributed by atoms with Crippen molar-refractivity contribution in [2.45, 2.75) is 77.6 Å². The van der Waals surface area contributed by atoms with Crippen LogP contribution in [0.1, 0.15) is 77.6 Å². The van der Waals surface area contributed by atoms with E-state index in [0.717, 1.165) is 36.5 Å². The minimum atomic E-state index is -0.674. The van der Waals surface area contributed by atoms with Crippen LogP contribution in [-0.2, 0) is 4.79 Å². The number of fused-ring (bicyclic) bond motifs is 2. The van der Waals surface area contributed by atoms with Gasteiger partial charge in [-0.1, -0.05) is 38.3 Å². The van der Waals surface area contributed by atoms with Crippen molar-refractivity contribution >= 4 is 17.7 Å². The second-order valence-electron chi connectivity index (χ2n) is 7.79. The van der Waals surface area contributed by atoms with Gasteiger partial charge in [-0.3, -0.25) is 4.79 Å². The molecule has 0 heterocycles. The van der Waals surface area contributed by atoms with E-state index in [4.69, 9.17) is 5.11 Å². The lowest BCUT2D eigenvalue weighted by atomic mass is 9.78. The van der Waals surface area contributed by atoms with E-state index in [2.05, 4.69) is 30.8 Å². The van der Waals surface area contributed by atoms with Gasteiger partial charge in [0, 0.05) is 6.42 Å². The van der Waals surface area contributed by atoms with Gasteiger partial charge in [0.25, 0.3) is 0 Å². The Kier molecular flexibility index (Phi) is 9.30. The smallest absolute Gasteiger partial charge is 0.303 e. The molecule has 2 rings (SSSR count). The molecule has 0 saturated heterocycles. The van der Waals surface area contributed by atoms with Crippen LogP contribution < -0.4 is 0 Å². The molecule has 1 N–H and O–H groups in total. The summed E-state index contributed by atoms with van der Waals surface area (Å²) >= 11 is 2.21. The van der Waals surface area contributed by atoms with Crippen molar-refractivity contribution in [3.8, 4) is 0 Å². The standard InChI is InChI=1S/C21H36O2S/c1-2-3-4-9-14-24-16-20-18-13-12-17(15-18)19(20)10-7-5-6-8-11-21(22)23/h5,7,17-20H,2-4,6,8-16H2,1H3,(H,22,23)/b7-5-/t17-,18+,19-,20+/m1/s1. The van der Waals surface area contributed by atoms with Gasteiger partial charge in [-0.25, -0.2) is 0 Å².